The molecule has 0 spiro atoms. The molecule has 3 heterocycles. The van der Waals surface area contributed by atoms with Crippen LogP contribution in [0.15, 0.2) is 48.5 Å². The molecular formula is C32H41N3O3. The number of ether oxygens (including phenoxy) is 1. The number of hydrogen-bond acceptors (Lipinski definition) is 3. The summed E-state index contributed by atoms with van der Waals surface area (Å²) >= 11 is 0. The van der Waals surface area contributed by atoms with Crippen molar-refractivity contribution in [3.63, 3.8) is 0 Å². The molecule has 0 saturated carbocycles. The molecule has 0 bridgehead atoms. The van der Waals surface area contributed by atoms with E-state index >= 15 is 0 Å². The van der Waals surface area contributed by atoms with Gasteiger partial charge in [-0.25, -0.2) is 0 Å². The van der Waals surface area contributed by atoms with Crippen molar-refractivity contribution in [1.29, 1.82) is 0 Å². The minimum Gasteiger partial charge on any atom is -0.385 e. The number of amides is 2. The highest BCUT2D eigenvalue weighted by atomic mass is 16.5. The van der Waals surface area contributed by atoms with E-state index < -0.39 is 0 Å². The number of fused-ring (bicyclic) bond motifs is 1. The maximum Gasteiger partial charge on any atom is 0.227 e. The molecule has 2 fully saturated rings. The number of nitrogens with zero attached hydrogens (tertiary/aromatic N) is 3. The van der Waals surface area contributed by atoms with E-state index in [4.69, 9.17) is 4.74 Å². The van der Waals surface area contributed by atoms with Crippen LogP contribution in [0.2, 0.25) is 0 Å². The van der Waals surface area contributed by atoms with Crippen LogP contribution < -0.4 is 4.90 Å². The van der Waals surface area contributed by atoms with Crippen molar-refractivity contribution < 1.29 is 14.3 Å². The first-order valence-electron chi connectivity index (χ1n) is 14.3. The summed E-state index contributed by atoms with van der Waals surface area (Å²) in [6.45, 7) is 6.41. The van der Waals surface area contributed by atoms with Gasteiger partial charge in [-0.05, 0) is 74.8 Å². The van der Waals surface area contributed by atoms with E-state index in [2.05, 4.69) is 52.8 Å². The van der Waals surface area contributed by atoms with Crippen molar-refractivity contribution in [1.82, 2.24) is 9.47 Å². The van der Waals surface area contributed by atoms with Gasteiger partial charge in [-0.3, -0.25) is 9.59 Å². The second-order valence-corrected chi connectivity index (χ2v) is 10.9. The number of aryl methyl sites for hydroxylation is 3. The second kappa shape index (κ2) is 12.2. The molecule has 1 aromatic heterocycles. The van der Waals surface area contributed by atoms with Gasteiger partial charge >= 0.3 is 0 Å². The summed E-state index contributed by atoms with van der Waals surface area (Å²) in [5.74, 6) is 0.853. The molecule has 0 N–H and O–H groups in total. The largest absolute Gasteiger partial charge is 0.385 e. The van der Waals surface area contributed by atoms with Gasteiger partial charge in [0.05, 0.1) is 0 Å². The van der Waals surface area contributed by atoms with Crippen LogP contribution in [0.3, 0.4) is 0 Å². The quantitative estimate of drug-likeness (QED) is 0.319. The van der Waals surface area contributed by atoms with Crippen molar-refractivity contribution in [2.24, 2.45) is 0 Å². The lowest BCUT2D eigenvalue weighted by Gasteiger charge is -2.34. The lowest BCUT2D eigenvalue weighted by molar-refractivity contribution is -0.132. The van der Waals surface area contributed by atoms with Crippen molar-refractivity contribution in [2.45, 2.75) is 70.8 Å². The summed E-state index contributed by atoms with van der Waals surface area (Å²) in [7, 11) is 1.76. The number of hydrogen-bond donors (Lipinski definition) is 0. The van der Waals surface area contributed by atoms with Gasteiger partial charge in [0.2, 0.25) is 11.8 Å². The maximum absolute atomic E-state index is 13.2. The van der Waals surface area contributed by atoms with Crippen molar-refractivity contribution >= 4 is 28.4 Å². The first-order chi connectivity index (χ1) is 18.6. The molecular weight excluding hydrogens is 474 g/mol. The molecule has 6 nitrogen and oxygen atoms in total. The molecule has 2 aliphatic rings. The van der Waals surface area contributed by atoms with Crippen LogP contribution in [0.1, 0.15) is 67.7 Å². The van der Waals surface area contributed by atoms with Gasteiger partial charge in [0.1, 0.15) is 0 Å². The molecule has 3 aromatic rings. The Morgan fingerprint density at radius 2 is 1.84 bits per heavy atom. The summed E-state index contributed by atoms with van der Waals surface area (Å²) in [5.41, 5.74) is 6.26. The van der Waals surface area contributed by atoms with Crippen molar-refractivity contribution in [2.75, 3.05) is 38.3 Å². The minimum absolute atomic E-state index is 0.216. The zero-order chi connectivity index (χ0) is 26.5. The Balaban J connectivity index is 1.20. The number of carbonyl (C=O) groups excluding carboxylic acids is 2. The fraction of sp³-hybridized carbons (Fsp3) is 0.500. The van der Waals surface area contributed by atoms with Gasteiger partial charge < -0.3 is 19.1 Å². The highest BCUT2D eigenvalue weighted by molar-refractivity contribution is 5.95. The molecule has 2 aromatic carbocycles. The van der Waals surface area contributed by atoms with Crippen molar-refractivity contribution in [3.8, 4) is 0 Å². The fourth-order valence-corrected chi connectivity index (χ4v) is 6.42. The first kappa shape index (κ1) is 26.5. The molecule has 202 valence electrons. The molecule has 2 aliphatic heterocycles. The van der Waals surface area contributed by atoms with Gasteiger partial charge in [0.15, 0.2) is 0 Å². The Morgan fingerprint density at radius 1 is 1.03 bits per heavy atom. The SMILES string of the molecule is COCCCn1c(C2CCCN(C(=O)CCCc3ccc(N4CCCC4=O)cc3)C2)c(C)c2ccccc21. The molecule has 2 saturated heterocycles. The predicted molar refractivity (Wildman–Crippen MR) is 153 cm³/mol. The average Bonchev–Trinajstić information content (AvgIpc) is 3.50. The standard InChI is InChI=1S/C32H41N3O3/c1-24-28-11-3-4-12-29(28)35(21-8-22-38-2)32(24)26-10-6-19-33(23-26)30(36)13-5-9-25-15-17-27(18-16-25)34-20-7-14-31(34)37/h3-4,11-12,15-18,26H,5-10,13-14,19-23H2,1-2H3. The number of aromatic nitrogens is 1. The zero-order valence-electron chi connectivity index (χ0n) is 23.0. The number of para-hydroxylation sites is 1. The Bertz CT molecular complexity index is 1260. The number of methoxy groups -OCH3 is 1. The van der Waals surface area contributed by atoms with Crippen LogP contribution in [-0.4, -0.2) is 54.6 Å². The summed E-state index contributed by atoms with van der Waals surface area (Å²) in [4.78, 5) is 29.2. The van der Waals surface area contributed by atoms with E-state index in [9.17, 15) is 9.59 Å². The van der Waals surface area contributed by atoms with Gasteiger partial charge in [0, 0.05) is 80.9 Å². The monoisotopic (exact) mass is 515 g/mol. The first-order valence-corrected chi connectivity index (χ1v) is 14.3. The molecule has 6 heteroatoms. The lowest BCUT2D eigenvalue weighted by atomic mass is 9.91. The van der Waals surface area contributed by atoms with Crippen LogP contribution in [0.5, 0.6) is 0 Å². The van der Waals surface area contributed by atoms with Crippen LogP contribution in [0.25, 0.3) is 10.9 Å². The normalized spacial score (nSPS) is 18.1. The molecule has 38 heavy (non-hydrogen) atoms. The molecule has 0 radical (unpaired) electrons. The number of likely N-dealkylation sites (tertiary alicyclic amines) is 1. The Morgan fingerprint density at radius 3 is 2.61 bits per heavy atom. The number of rotatable bonds is 10. The van der Waals surface area contributed by atoms with Gasteiger partial charge in [-0.15, -0.1) is 0 Å². The van der Waals surface area contributed by atoms with Gasteiger partial charge in [-0.1, -0.05) is 30.3 Å². The van der Waals surface area contributed by atoms with Crippen molar-refractivity contribution in [3.05, 3.63) is 65.4 Å². The molecule has 5 rings (SSSR count). The molecule has 1 unspecified atom stereocenters. The fourth-order valence-electron chi connectivity index (χ4n) is 6.42. The van der Waals surface area contributed by atoms with E-state index in [-0.39, 0.29) is 11.8 Å². The number of piperidine rings is 1. The zero-order valence-corrected chi connectivity index (χ0v) is 23.0. The van der Waals surface area contributed by atoms with E-state index in [1.807, 2.05) is 17.0 Å². The Labute approximate surface area is 226 Å². The number of benzene rings is 2. The second-order valence-electron chi connectivity index (χ2n) is 10.9. The summed E-state index contributed by atoms with van der Waals surface area (Å²) < 4.78 is 7.82. The third kappa shape index (κ3) is 5.65. The van der Waals surface area contributed by atoms with Crippen LogP contribution in [0.4, 0.5) is 5.69 Å². The lowest BCUT2D eigenvalue weighted by Crippen LogP contribution is -2.39. The molecule has 0 aliphatic carbocycles. The van der Waals surface area contributed by atoms with Crippen LogP contribution >= 0.6 is 0 Å². The van der Waals surface area contributed by atoms with Gasteiger partial charge in [0.25, 0.3) is 0 Å². The van der Waals surface area contributed by atoms with Crippen LogP contribution in [0, 0.1) is 6.92 Å². The third-order valence-electron chi connectivity index (χ3n) is 8.34. The highest BCUT2D eigenvalue weighted by Crippen LogP contribution is 2.36. The van der Waals surface area contributed by atoms with Gasteiger partial charge in [-0.2, -0.15) is 0 Å². The van der Waals surface area contributed by atoms with E-state index in [0.29, 0.717) is 18.8 Å². The predicted octanol–water partition coefficient (Wildman–Crippen LogP) is 5.84. The topological polar surface area (TPSA) is 54.8 Å². The van der Waals surface area contributed by atoms with E-state index in [0.717, 1.165) is 77.0 Å². The van der Waals surface area contributed by atoms with E-state index in [1.54, 1.807) is 7.11 Å². The summed E-state index contributed by atoms with van der Waals surface area (Å²) in [6.07, 6.45) is 7.04. The molecule has 1 atom stereocenters. The highest BCUT2D eigenvalue weighted by Gasteiger charge is 2.29. The smallest absolute Gasteiger partial charge is 0.227 e. The summed E-state index contributed by atoms with van der Waals surface area (Å²) in [6, 6.07) is 17.0. The number of carbonyl (C=O) groups is 2. The summed E-state index contributed by atoms with van der Waals surface area (Å²) in [5, 5.41) is 1.32. The Kier molecular flexibility index (Phi) is 8.48. The molecule has 2 amide bonds. The maximum atomic E-state index is 13.2. The van der Waals surface area contributed by atoms with Crippen LogP contribution in [-0.2, 0) is 27.3 Å². The third-order valence-corrected chi connectivity index (χ3v) is 8.34. The number of anilines is 1. The minimum atomic E-state index is 0.216. The Hall–Kier alpha value is -3.12. The van der Waals surface area contributed by atoms with E-state index in [1.165, 1.54) is 27.7 Å². The average molecular weight is 516 g/mol.